The van der Waals surface area contributed by atoms with Crippen LogP contribution in [0.3, 0.4) is 0 Å². The monoisotopic (exact) mass is 431 g/mol. The second kappa shape index (κ2) is 7.54. The molecule has 0 spiro atoms. The molecule has 0 unspecified atom stereocenters. The minimum Gasteiger partial charge on any atom is -0.351 e. The Morgan fingerprint density at radius 2 is 2.10 bits per heavy atom. The molecule has 0 radical (unpaired) electrons. The van der Waals surface area contributed by atoms with Gasteiger partial charge in [0.1, 0.15) is 10.7 Å². The molecule has 3 aromatic rings. The van der Waals surface area contributed by atoms with Crippen LogP contribution in [0.2, 0.25) is 0 Å². The largest absolute Gasteiger partial charge is 0.351 e. The molecule has 29 heavy (non-hydrogen) atoms. The van der Waals surface area contributed by atoms with E-state index in [-0.39, 0.29) is 17.4 Å². The molecule has 0 fully saturated rings. The molecule has 0 bridgehead atoms. The number of carbonyl (C=O) groups is 1. The van der Waals surface area contributed by atoms with Gasteiger partial charge in [0.15, 0.2) is 10.8 Å². The maximum absolute atomic E-state index is 12.3. The summed E-state index contributed by atoms with van der Waals surface area (Å²) < 4.78 is 2.08. The molecule has 6 nitrogen and oxygen atoms in total. The van der Waals surface area contributed by atoms with Gasteiger partial charge in [0.2, 0.25) is 5.91 Å². The maximum atomic E-state index is 12.3. The van der Waals surface area contributed by atoms with Crippen molar-refractivity contribution in [2.75, 3.05) is 5.75 Å². The fraction of sp³-hybridized carbons (Fsp3) is 0.619. The normalized spacial score (nSPS) is 17.3. The molecule has 0 saturated heterocycles. The number of aromatic nitrogens is 4. The van der Waals surface area contributed by atoms with Crippen molar-refractivity contribution in [1.82, 2.24) is 24.9 Å². The summed E-state index contributed by atoms with van der Waals surface area (Å²) in [7, 11) is 0. The number of aryl methyl sites for hydroxylation is 1. The van der Waals surface area contributed by atoms with Crippen molar-refractivity contribution in [2.45, 2.75) is 77.4 Å². The van der Waals surface area contributed by atoms with Crippen molar-refractivity contribution in [1.29, 1.82) is 0 Å². The van der Waals surface area contributed by atoms with Gasteiger partial charge in [0.25, 0.3) is 0 Å². The van der Waals surface area contributed by atoms with Gasteiger partial charge in [-0.1, -0.05) is 32.5 Å². The molecule has 3 aromatic heterocycles. The molecule has 156 valence electrons. The number of hydrogen-bond acceptors (Lipinski definition) is 6. The van der Waals surface area contributed by atoms with E-state index in [1.165, 1.54) is 34.0 Å². The second-order valence-electron chi connectivity index (χ2n) is 9.39. The van der Waals surface area contributed by atoms with Gasteiger partial charge < -0.3 is 5.32 Å². The molecule has 3 heterocycles. The Labute approximate surface area is 179 Å². The summed E-state index contributed by atoms with van der Waals surface area (Å²) in [6.45, 7) is 12.6. The molecule has 0 aliphatic heterocycles. The zero-order chi connectivity index (χ0) is 20.9. The van der Waals surface area contributed by atoms with E-state index in [0.29, 0.717) is 5.75 Å². The molecule has 1 aliphatic carbocycles. The quantitative estimate of drug-likeness (QED) is 0.612. The van der Waals surface area contributed by atoms with Crippen molar-refractivity contribution >= 4 is 44.9 Å². The van der Waals surface area contributed by atoms with Gasteiger partial charge in [0, 0.05) is 16.3 Å². The summed E-state index contributed by atoms with van der Waals surface area (Å²) >= 11 is 3.25. The number of rotatable bonds is 4. The Morgan fingerprint density at radius 1 is 1.34 bits per heavy atom. The molecule has 1 amide bonds. The highest BCUT2D eigenvalue weighted by Gasteiger charge is 2.26. The van der Waals surface area contributed by atoms with Gasteiger partial charge in [-0.15, -0.1) is 21.5 Å². The number of hydrogen-bond donors (Lipinski definition) is 1. The average Bonchev–Trinajstić information content (AvgIpc) is 3.17. The van der Waals surface area contributed by atoms with Gasteiger partial charge in [0.05, 0.1) is 11.1 Å². The Morgan fingerprint density at radius 3 is 2.79 bits per heavy atom. The first kappa shape index (κ1) is 20.6. The molecule has 0 saturated carbocycles. The number of nitrogens with zero attached hydrogens (tertiary/aromatic N) is 4. The smallest absolute Gasteiger partial charge is 0.230 e. The van der Waals surface area contributed by atoms with E-state index < -0.39 is 0 Å². The van der Waals surface area contributed by atoms with Crippen LogP contribution in [0.15, 0.2) is 5.16 Å². The summed E-state index contributed by atoms with van der Waals surface area (Å²) in [6.07, 6.45) is 3.42. The van der Waals surface area contributed by atoms with E-state index in [2.05, 4.69) is 40.7 Å². The highest BCUT2D eigenvalue weighted by Crippen LogP contribution is 2.40. The van der Waals surface area contributed by atoms with E-state index in [1.807, 2.05) is 32.1 Å². The first-order valence-electron chi connectivity index (χ1n) is 10.3. The highest BCUT2D eigenvalue weighted by molar-refractivity contribution is 7.99. The first-order chi connectivity index (χ1) is 13.6. The van der Waals surface area contributed by atoms with Crippen LogP contribution in [0.5, 0.6) is 0 Å². The molecule has 8 heteroatoms. The van der Waals surface area contributed by atoms with E-state index in [4.69, 9.17) is 4.98 Å². The lowest BCUT2D eigenvalue weighted by Crippen LogP contribution is -2.41. The third-order valence-corrected chi connectivity index (χ3v) is 7.24. The Hall–Kier alpha value is -1.67. The Kier molecular flexibility index (Phi) is 5.36. The first-order valence-corrected chi connectivity index (χ1v) is 12.1. The number of fused-ring (bicyclic) bond motifs is 5. The molecule has 1 aliphatic rings. The fourth-order valence-corrected chi connectivity index (χ4v) is 6.03. The summed E-state index contributed by atoms with van der Waals surface area (Å²) in [5.41, 5.74) is 2.06. The average molecular weight is 432 g/mol. The maximum Gasteiger partial charge on any atom is 0.230 e. The van der Waals surface area contributed by atoms with E-state index in [0.717, 1.165) is 40.2 Å². The summed E-state index contributed by atoms with van der Waals surface area (Å²) in [5.74, 6) is 2.23. The van der Waals surface area contributed by atoms with Crippen LogP contribution < -0.4 is 5.32 Å². The molecule has 4 rings (SSSR count). The number of thioether (sulfide) groups is 1. The lowest BCUT2D eigenvalue weighted by atomic mass is 9.89. The number of carbonyl (C=O) groups excluding carboxylic acids is 1. The molecule has 1 N–H and O–H groups in total. The molecule has 1 atom stereocenters. The lowest BCUT2D eigenvalue weighted by Gasteiger charge is -2.20. The number of nitrogens with one attached hydrogen (secondary N) is 1. The third kappa shape index (κ3) is 4.01. The summed E-state index contributed by atoms with van der Waals surface area (Å²) in [6, 6.07) is 0. The van der Waals surface area contributed by atoms with Crippen molar-refractivity contribution < 1.29 is 4.79 Å². The van der Waals surface area contributed by atoms with Crippen LogP contribution in [-0.4, -0.2) is 36.8 Å². The van der Waals surface area contributed by atoms with E-state index in [1.54, 1.807) is 0 Å². The molecule has 0 aromatic carbocycles. The van der Waals surface area contributed by atoms with Gasteiger partial charge in [-0.05, 0) is 51.5 Å². The van der Waals surface area contributed by atoms with E-state index >= 15 is 0 Å². The standard InChI is InChI=1S/C21H29N5OS2/c1-11(2)17-22-19-16(13-8-7-12(3)9-14(13)29-19)18-24-25-20(26(17)18)28-10-15(27)23-21(4,5)6/h11-12H,7-10H2,1-6H3,(H,23,27)/t12-/m1/s1. The minimum absolute atomic E-state index is 0.00119. The molecular formula is C21H29N5OS2. The van der Waals surface area contributed by atoms with Crippen molar-refractivity contribution in [3.63, 3.8) is 0 Å². The summed E-state index contributed by atoms with van der Waals surface area (Å²) in [4.78, 5) is 19.9. The van der Waals surface area contributed by atoms with Crippen LogP contribution >= 0.6 is 23.1 Å². The van der Waals surface area contributed by atoms with E-state index in [9.17, 15) is 4.79 Å². The van der Waals surface area contributed by atoms with Gasteiger partial charge in [-0.25, -0.2) is 4.98 Å². The topological polar surface area (TPSA) is 72.2 Å². The van der Waals surface area contributed by atoms with Crippen molar-refractivity contribution in [2.24, 2.45) is 5.92 Å². The highest BCUT2D eigenvalue weighted by atomic mass is 32.2. The minimum atomic E-state index is -0.242. The van der Waals surface area contributed by atoms with Crippen LogP contribution in [0.1, 0.15) is 70.1 Å². The Bertz CT molecular complexity index is 1080. The predicted octanol–water partition coefficient (Wildman–Crippen LogP) is 4.59. The third-order valence-electron chi connectivity index (χ3n) is 5.16. The van der Waals surface area contributed by atoms with Crippen LogP contribution in [0, 0.1) is 5.92 Å². The SMILES string of the molecule is CC(C)c1nc2sc3c(c2c2nnc(SCC(=O)NC(C)(C)C)n12)CC[C@@H](C)C3. The zero-order valence-electron chi connectivity index (χ0n) is 18.0. The zero-order valence-corrected chi connectivity index (χ0v) is 19.6. The van der Waals surface area contributed by atoms with Crippen LogP contribution in [0.25, 0.3) is 15.9 Å². The second-order valence-corrected chi connectivity index (χ2v) is 11.4. The van der Waals surface area contributed by atoms with Crippen LogP contribution in [0.4, 0.5) is 0 Å². The van der Waals surface area contributed by atoms with Crippen LogP contribution in [-0.2, 0) is 17.6 Å². The number of amides is 1. The summed E-state index contributed by atoms with van der Waals surface area (Å²) in [5, 5.41) is 13.9. The van der Waals surface area contributed by atoms with Crippen molar-refractivity contribution in [3.05, 3.63) is 16.3 Å². The van der Waals surface area contributed by atoms with Gasteiger partial charge in [-0.3, -0.25) is 9.20 Å². The Balaban J connectivity index is 1.77. The predicted molar refractivity (Wildman–Crippen MR) is 120 cm³/mol. The van der Waals surface area contributed by atoms with Gasteiger partial charge >= 0.3 is 0 Å². The van der Waals surface area contributed by atoms with Crippen molar-refractivity contribution in [3.8, 4) is 0 Å². The van der Waals surface area contributed by atoms with Gasteiger partial charge in [-0.2, -0.15) is 0 Å². The lowest BCUT2D eigenvalue weighted by molar-refractivity contribution is -0.119. The molecular weight excluding hydrogens is 402 g/mol. The number of thiophene rings is 1. The fourth-order valence-electron chi connectivity index (χ4n) is 3.90.